The number of hydrogen-bond acceptors (Lipinski definition) is 4. The normalized spacial score (nSPS) is 19.6. The number of rotatable bonds is 7. The van der Waals surface area contributed by atoms with Crippen molar-refractivity contribution in [3.63, 3.8) is 0 Å². The van der Waals surface area contributed by atoms with Crippen LogP contribution in [0, 0.1) is 0 Å². The highest BCUT2D eigenvalue weighted by molar-refractivity contribution is 6.10. The summed E-state index contributed by atoms with van der Waals surface area (Å²) in [6.07, 6.45) is 1.87. The number of fused-ring (bicyclic) bond motifs is 3. The van der Waals surface area contributed by atoms with E-state index in [2.05, 4.69) is 0 Å². The second-order valence-electron chi connectivity index (χ2n) is 8.62. The van der Waals surface area contributed by atoms with E-state index in [0.717, 1.165) is 11.3 Å². The van der Waals surface area contributed by atoms with Crippen LogP contribution < -0.4 is 9.64 Å². The van der Waals surface area contributed by atoms with Gasteiger partial charge in [-0.15, -0.1) is 0 Å². The summed E-state index contributed by atoms with van der Waals surface area (Å²) in [4.78, 5) is 43.8. The standard InChI is InChI=1S/C25H29N3O4/c1-25-14-13-23(30)28(25)21-11-5-4-10-20(21)24(31)27(25)15-7-12-22(29)26(2)17-18-8-6-9-19(16-18)32-3/h4-6,8-11,16H,7,12-15,17H2,1-3H3. The Morgan fingerprint density at radius 2 is 1.94 bits per heavy atom. The van der Waals surface area contributed by atoms with Crippen molar-refractivity contribution in [2.24, 2.45) is 0 Å². The molecule has 2 heterocycles. The summed E-state index contributed by atoms with van der Waals surface area (Å²) >= 11 is 0. The lowest BCUT2D eigenvalue weighted by Gasteiger charge is -2.48. The smallest absolute Gasteiger partial charge is 0.257 e. The average Bonchev–Trinajstić information content (AvgIpc) is 3.11. The van der Waals surface area contributed by atoms with E-state index in [1.807, 2.05) is 49.4 Å². The van der Waals surface area contributed by atoms with Gasteiger partial charge in [-0.25, -0.2) is 0 Å². The van der Waals surface area contributed by atoms with Gasteiger partial charge >= 0.3 is 0 Å². The molecular formula is C25H29N3O4. The third-order valence-electron chi connectivity index (χ3n) is 6.50. The molecule has 0 aromatic heterocycles. The molecule has 1 saturated heterocycles. The van der Waals surface area contributed by atoms with Crippen LogP contribution in [0.4, 0.5) is 5.69 Å². The fourth-order valence-corrected chi connectivity index (χ4v) is 4.75. The monoisotopic (exact) mass is 435 g/mol. The molecule has 1 atom stereocenters. The molecule has 3 amide bonds. The van der Waals surface area contributed by atoms with Crippen LogP contribution in [0.2, 0.25) is 0 Å². The van der Waals surface area contributed by atoms with Crippen molar-refractivity contribution in [3.8, 4) is 5.75 Å². The van der Waals surface area contributed by atoms with Gasteiger partial charge in [0.1, 0.15) is 11.4 Å². The lowest BCUT2D eigenvalue weighted by Crippen LogP contribution is -2.62. The molecule has 2 aliphatic heterocycles. The van der Waals surface area contributed by atoms with Crippen molar-refractivity contribution < 1.29 is 19.1 Å². The molecular weight excluding hydrogens is 406 g/mol. The van der Waals surface area contributed by atoms with Crippen LogP contribution in [0.25, 0.3) is 0 Å². The molecule has 0 saturated carbocycles. The molecule has 168 valence electrons. The number of anilines is 1. The summed E-state index contributed by atoms with van der Waals surface area (Å²) in [6, 6.07) is 14.9. The van der Waals surface area contributed by atoms with E-state index in [-0.39, 0.29) is 17.7 Å². The number of methoxy groups -OCH3 is 1. The predicted octanol–water partition coefficient (Wildman–Crippen LogP) is 3.43. The minimum Gasteiger partial charge on any atom is -0.497 e. The van der Waals surface area contributed by atoms with E-state index in [1.54, 1.807) is 34.9 Å². The predicted molar refractivity (Wildman–Crippen MR) is 121 cm³/mol. The van der Waals surface area contributed by atoms with E-state index >= 15 is 0 Å². The first-order valence-electron chi connectivity index (χ1n) is 11.0. The Morgan fingerprint density at radius 3 is 2.72 bits per heavy atom. The first-order chi connectivity index (χ1) is 15.3. The van der Waals surface area contributed by atoms with Gasteiger partial charge in [-0.1, -0.05) is 24.3 Å². The number of benzene rings is 2. The molecule has 32 heavy (non-hydrogen) atoms. The number of nitrogens with zero attached hydrogens (tertiary/aromatic N) is 3. The van der Waals surface area contributed by atoms with Crippen molar-refractivity contribution in [1.29, 1.82) is 0 Å². The third kappa shape index (κ3) is 3.83. The third-order valence-corrected chi connectivity index (χ3v) is 6.50. The molecule has 7 nitrogen and oxygen atoms in total. The zero-order chi connectivity index (χ0) is 22.9. The van der Waals surface area contributed by atoms with Gasteiger partial charge in [-0.05, 0) is 49.6 Å². The van der Waals surface area contributed by atoms with Gasteiger partial charge in [-0.2, -0.15) is 0 Å². The number of para-hydroxylation sites is 1. The first-order valence-corrected chi connectivity index (χ1v) is 11.0. The fraction of sp³-hybridized carbons (Fsp3) is 0.400. The van der Waals surface area contributed by atoms with Crippen molar-refractivity contribution in [1.82, 2.24) is 9.80 Å². The highest BCUT2D eigenvalue weighted by Crippen LogP contribution is 2.44. The van der Waals surface area contributed by atoms with E-state index in [4.69, 9.17) is 4.74 Å². The fourth-order valence-electron chi connectivity index (χ4n) is 4.75. The van der Waals surface area contributed by atoms with Crippen LogP contribution in [-0.4, -0.2) is 53.9 Å². The van der Waals surface area contributed by atoms with Gasteiger partial charge in [0.15, 0.2) is 0 Å². The summed E-state index contributed by atoms with van der Waals surface area (Å²) in [5, 5.41) is 0. The van der Waals surface area contributed by atoms with Gasteiger partial charge in [0, 0.05) is 33.0 Å². The summed E-state index contributed by atoms with van der Waals surface area (Å²) in [6.45, 7) is 2.86. The zero-order valence-corrected chi connectivity index (χ0v) is 18.8. The van der Waals surface area contributed by atoms with Gasteiger partial charge in [0.25, 0.3) is 5.91 Å². The summed E-state index contributed by atoms with van der Waals surface area (Å²) in [5.74, 6) is 0.733. The molecule has 0 N–H and O–H groups in total. The number of hydrogen-bond donors (Lipinski definition) is 0. The maximum absolute atomic E-state index is 13.3. The minimum atomic E-state index is -0.682. The summed E-state index contributed by atoms with van der Waals surface area (Å²) < 4.78 is 5.25. The number of amides is 3. The molecule has 7 heteroatoms. The first kappa shape index (κ1) is 21.9. The molecule has 1 fully saturated rings. The van der Waals surface area contributed by atoms with Crippen LogP contribution in [0.15, 0.2) is 48.5 Å². The molecule has 2 aromatic rings. The highest BCUT2D eigenvalue weighted by atomic mass is 16.5. The second kappa shape index (κ2) is 8.65. The van der Waals surface area contributed by atoms with Crippen molar-refractivity contribution in [2.75, 3.05) is 25.6 Å². The Balaban J connectivity index is 1.41. The Hall–Kier alpha value is -3.35. The Labute approximate surface area is 188 Å². The van der Waals surface area contributed by atoms with Crippen molar-refractivity contribution in [2.45, 2.75) is 44.8 Å². The lowest BCUT2D eigenvalue weighted by molar-refractivity contribution is -0.130. The zero-order valence-electron chi connectivity index (χ0n) is 18.8. The Kier molecular flexibility index (Phi) is 5.91. The molecule has 4 rings (SSSR count). The minimum absolute atomic E-state index is 0.0159. The van der Waals surface area contributed by atoms with E-state index in [0.29, 0.717) is 50.0 Å². The van der Waals surface area contributed by atoms with Crippen LogP contribution >= 0.6 is 0 Å². The largest absolute Gasteiger partial charge is 0.497 e. The Bertz CT molecular complexity index is 1050. The second-order valence-corrected chi connectivity index (χ2v) is 8.62. The van der Waals surface area contributed by atoms with Gasteiger partial charge in [0.05, 0.1) is 18.4 Å². The molecule has 2 aliphatic rings. The van der Waals surface area contributed by atoms with E-state index < -0.39 is 5.66 Å². The van der Waals surface area contributed by atoms with Gasteiger partial charge in [0.2, 0.25) is 11.8 Å². The molecule has 0 spiro atoms. The molecule has 1 unspecified atom stereocenters. The number of carbonyl (C=O) groups excluding carboxylic acids is 3. The molecule has 0 aliphatic carbocycles. The molecule has 0 radical (unpaired) electrons. The van der Waals surface area contributed by atoms with Crippen molar-refractivity contribution >= 4 is 23.4 Å². The highest BCUT2D eigenvalue weighted by Gasteiger charge is 2.52. The molecule has 2 aromatic carbocycles. The average molecular weight is 436 g/mol. The van der Waals surface area contributed by atoms with Crippen molar-refractivity contribution in [3.05, 3.63) is 59.7 Å². The van der Waals surface area contributed by atoms with E-state index in [1.165, 1.54) is 0 Å². The SMILES string of the molecule is COc1cccc(CN(C)C(=O)CCCN2C(=O)c3ccccc3N3C(=O)CCC23C)c1. The van der Waals surface area contributed by atoms with E-state index in [9.17, 15) is 14.4 Å². The van der Waals surface area contributed by atoms with Crippen LogP contribution in [0.3, 0.4) is 0 Å². The summed E-state index contributed by atoms with van der Waals surface area (Å²) in [7, 11) is 3.40. The topological polar surface area (TPSA) is 70.2 Å². The van der Waals surface area contributed by atoms with Gasteiger partial charge < -0.3 is 14.5 Å². The van der Waals surface area contributed by atoms with Crippen LogP contribution in [-0.2, 0) is 16.1 Å². The number of ether oxygens (including phenoxy) is 1. The molecule has 0 bridgehead atoms. The Morgan fingerprint density at radius 1 is 1.16 bits per heavy atom. The maximum atomic E-state index is 13.3. The quantitative estimate of drug-likeness (QED) is 0.668. The van der Waals surface area contributed by atoms with Crippen LogP contribution in [0.5, 0.6) is 5.75 Å². The van der Waals surface area contributed by atoms with Gasteiger partial charge in [-0.3, -0.25) is 19.3 Å². The number of carbonyl (C=O) groups is 3. The van der Waals surface area contributed by atoms with Crippen LogP contribution in [0.1, 0.15) is 48.5 Å². The maximum Gasteiger partial charge on any atom is 0.257 e. The lowest BCUT2D eigenvalue weighted by atomic mass is 9.98. The summed E-state index contributed by atoms with van der Waals surface area (Å²) in [5.41, 5.74) is 1.54.